The molecule has 2 fully saturated rings. The van der Waals surface area contributed by atoms with Crippen LogP contribution >= 0.6 is 0 Å². The molecule has 2 heterocycles. The lowest BCUT2D eigenvalue weighted by molar-refractivity contribution is 0.0521. The molecular weight excluding hydrogens is 318 g/mol. The van der Waals surface area contributed by atoms with Gasteiger partial charge in [0.05, 0.1) is 24.3 Å². The number of aromatic nitrogens is 1. The quantitative estimate of drug-likeness (QED) is 0.582. The van der Waals surface area contributed by atoms with E-state index in [1.54, 1.807) is 6.92 Å². The maximum atomic E-state index is 13.1. The van der Waals surface area contributed by atoms with Crippen molar-refractivity contribution in [3.05, 3.63) is 22.5 Å². The molecule has 1 aliphatic carbocycles. The van der Waals surface area contributed by atoms with Gasteiger partial charge in [-0.2, -0.15) is 0 Å². The van der Waals surface area contributed by atoms with E-state index in [2.05, 4.69) is 21.4 Å². The Morgan fingerprint density at radius 3 is 2.20 bits per heavy atom. The molecule has 0 bridgehead atoms. The summed E-state index contributed by atoms with van der Waals surface area (Å²) in [5, 5.41) is 0. The minimum atomic E-state index is -0.371. The fourth-order valence-electron chi connectivity index (χ4n) is 3.82. The van der Waals surface area contributed by atoms with E-state index in [9.17, 15) is 9.59 Å². The Morgan fingerprint density at radius 2 is 1.64 bits per heavy atom. The lowest BCUT2D eigenvalue weighted by atomic mass is 10.0. The summed E-state index contributed by atoms with van der Waals surface area (Å²) in [5.41, 5.74) is 2.84. The number of rotatable bonds is 6. The smallest absolute Gasteiger partial charge is 0.340 e. The summed E-state index contributed by atoms with van der Waals surface area (Å²) in [7, 11) is 2.10. The van der Waals surface area contributed by atoms with Crippen molar-refractivity contribution in [2.24, 2.45) is 0 Å². The number of nitrogens with zero attached hydrogens (tertiary/aromatic N) is 3. The molecule has 6 heteroatoms. The number of hydrogen-bond donors (Lipinski definition) is 0. The van der Waals surface area contributed by atoms with Gasteiger partial charge in [0.15, 0.2) is 5.78 Å². The van der Waals surface area contributed by atoms with Crippen LogP contribution in [0.25, 0.3) is 0 Å². The average Bonchev–Trinajstić information content (AvgIpc) is 3.35. The van der Waals surface area contributed by atoms with Crippen molar-refractivity contribution in [2.45, 2.75) is 39.7 Å². The third-order valence-electron chi connectivity index (χ3n) is 5.33. The van der Waals surface area contributed by atoms with Crippen LogP contribution in [-0.4, -0.2) is 72.5 Å². The van der Waals surface area contributed by atoms with E-state index in [1.807, 2.05) is 13.8 Å². The van der Waals surface area contributed by atoms with Crippen molar-refractivity contribution in [3.8, 4) is 0 Å². The predicted octanol–water partition coefficient (Wildman–Crippen LogP) is 2.05. The summed E-state index contributed by atoms with van der Waals surface area (Å²) in [6.07, 6.45) is 2.23. The zero-order chi connectivity index (χ0) is 18.1. The van der Waals surface area contributed by atoms with Crippen LogP contribution in [0.15, 0.2) is 0 Å². The first-order valence-electron chi connectivity index (χ1n) is 9.26. The average molecular weight is 347 g/mol. The molecule has 0 atom stereocenters. The molecule has 3 rings (SSSR count). The number of carbonyl (C=O) groups is 2. The van der Waals surface area contributed by atoms with E-state index >= 15 is 0 Å². The van der Waals surface area contributed by atoms with Crippen LogP contribution in [0.4, 0.5) is 0 Å². The summed E-state index contributed by atoms with van der Waals surface area (Å²) < 4.78 is 7.42. The highest BCUT2D eigenvalue weighted by atomic mass is 16.5. The molecule has 0 radical (unpaired) electrons. The topological polar surface area (TPSA) is 54.8 Å². The molecule has 0 aromatic carbocycles. The van der Waals surface area contributed by atoms with Crippen molar-refractivity contribution in [1.82, 2.24) is 14.4 Å². The second kappa shape index (κ2) is 7.30. The number of ketones is 1. The molecule has 0 amide bonds. The highest BCUT2D eigenvalue weighted by Crippen LogP contribution is 2.40. The number of hydrogen-bond acceptors (Lipinski definition) is 5. The zero-order valence-electron chi connectivity index (χ0n) is 15.8. The fraction of sp³-hybridized carbons (Fsp3) is 0.684. The summed E-state index contributed by atoms with van der Waals surface area (Å²) in [6.45, 7) is 10.1. The van der Waals surface area contributed by atoms with Crippen LogP contribution in [0.1, 0.15) is 57.9 Å². The van der Waals surface area contributed by atoms with Crippen molar-refractivity contribution in [3.63, 3.8) is 0 Å². The maximum Gasteiger partial charge on any atom is 0.340 e. The number of ether oxygens (including phenoxy) is 1. The third kappa shape index (κ3) is 3.65. The number of esters is 1. The van der Waals surface area contributed by atoms with E-state index < -0.39 is 0 Å². The van der Waals surface area contributed by atoms with Gasteiger partial charge in [-0.25, -0.2) is 4.79 Å². The molecule has 1 aliphatic heterocycles. The van der Waals surface area contributed by atoms with Gasteiger partial charge in [0.1, 0.15) is 0 Å². The Labute approximate surface area is 149 Å². The SMILES string of the molecule is CCOC(=O)c1c(C(=O)CN2CCN(C)CC2)c(C)n(C2CC2)c1C. The van der Waals surface area contributed by atoms with Crippen LogP contribution < -0.4 is 0 Å². The van der Waals surface area contributed by atoms with Crippen molar-refractivity contribution in [1.29, 1.82) is 0 Å². The predicted molar refractivity (Wildman–Crippen MR) is 96.4 cm³/mol. The Hall–Kier alpha value is -1.66. The molecule has 0 N–H and O–H groups in total. The highest BCUT2D eigenvalue weighted by molar-refractivity contribution is 6.09. The molecule has 0 spiro atoms. The summed E-state index contributed by atoms with van der Waals surface area (Å²) in [6, 6.07) is 0.429. The van der Waals surface area contributed by atoms with Gasteiger partial charge in [-0.05, 0) is 40.7 Å². The Bertz CT molecular complexity index is 668. The first-order chi connectivity index (χ1) is 11.9. The van der Waals surface area contributed by atoms with Gasteiger partial charge in [0.25, 0.3) is 0 Å². The molecule has 1 saturated carbocycles. The number of carbonyl (C=O) groups excluding carboxylic acids is 2. The van der Waals surface area contributed by atoms with E-state index in [0.29, 0.717) is 30.3 Å². The summed E-state index contributed by atoms with van der Waals surface area (Å²) >= 11 is 0. The van der Waals surface area contributed by atoms with Gasteiger partial charge in [-0.15, -0.1) is 0 Å². The van der Waals surface area contributed by atoms with Crippen LogP contribution in [0.2, 0.25) is 0 Å². The van der Waals surface area contributed by atoms with Crippen LogP contribution in [0.3, 0.4) is 0 Å². The van der Waals surface area contributed by atoms with E-state index in [1.165, 1.54) is 0 Å². The second-order valence-electron chi connectivity index (χ2n) is 7.25. The molecule has 0 unspecified atom stereocenters. The lowest BCUT2D eigenvalue weighted by Crippen LogP contribution is -2.46. The summed E-state index contributed by atoms with van der Waals surface area (Å²) in [4.78, 5) is 30.1. The van der Waals surface area contributed by atoms with E-state index in [0.717, 1.165) is 50.4 Å². The fourth-order valence-corrected chi connectivity index (χ4v) is 3.82. The first-order valence-corrected chi connectivity index (χ1v) is 9.26. The van der Waals surface area contributed by atoms with Crippen molar-refractivity contribution >= 4 is 11.8 Å². The Kier molecular flexibility index (Phi) is 5.29. The summed E-state index contributed by atoms with van der Waals surface area (Å²) in [5.74, 6) is -0.336. The normalized spacial score (nSPS) is 19.2. The molecule has 1 aromatic rings. The number of Topliss-reactive ketones (excluding diaryl/α,β-unsaturated/α-hetero) is 1. The third-order valence-corrected chi connectivity index (χ3v) is 5.33. The van der Waals surface area contributed by atoms with Gasteiger partial charge >= 0.3 is 5.97 Å². The molecule has 2 aliphatic rings. The standard InChI is InChI=1S/C19H29N3O3/c1-5-25-19(24)18-14(3)22(15-6-7-15)13(2)17(18)16(23)12-21-10-8-20(4)9-11-21/h15H,5-12H2,1-4H3. The van der Waals surface area contributed by atoms with Crippen LogP contribution in [-0.2, 0) is 4.74 Å². The van der Waals surface area contributed by atoms with Gasteiger partial charge in [-0.1, -0.05) is 0 Å². The van der Waals surface area contributed by atoms with Crippen LogP contribution in [0.5, 0.6) is 0 Å². The second-order valence-corrected chi connectivity index (χ2v) is 7.25. The molecule has 6 nitrogen and oxygen atoms in total. The number of piperazine rings is 1. The zero-order valence-corrected chi connectivity index (χ0v) is 15.8. The van der Waals surface area contributed by atoms with Gasteiger partial charge in [-0.3, -0.25) is 9.69 Å². The van der Waals surface area contributed by atoms with E-state index in [4.69, 9.17) is 4.74 Å². The maximum absolute atomic E-state index is 13.1. The minimum absolute atomic E-state index is 0.0348. The lowest BCUT2D eigenvalue weighted by Gasteiger charge is -2.31. The highest BCUT2D eigenvalue weighted by Gasteiger charge is 2.34. The van der Waals surface area contributed by atoms with E-state index in [-0.39, 0.29) is 11.8 Å². The first kappa shape index (κ1) is 18.1. The van der Waals surface area contributed by atoms with Gasteiger partial charge in [0, 0.05) is 43.6 Å². The van der Waals surface area contributed by atoms with Crippen molar-refractivity contribution < 1.29 is 14.3 Å². The monoisotopic (exact) mass is 347 g/mol. The molecular formula is C19H29N3O3. The van der Waals surface area contributed by atoms with Crippen LogP contribution in [0, 0.1) is 13.8 Å². The Balaban J connectivity index is 1.89. The molecule has 1 aromatic heterocycles. The Morgan fingerprint density at radius 1 is 1.04 bits per heavy atom. The minimum Gasteiger partial charge on any atom is -0.462 e. The molecule has 138 valence electrons. The van der Waals surface area contributed by atoms with Gasteiger partial charge < -0.3 is 14.2 Å². The number of likely N-dealkylation sites (N-methyl/N-ethyl adjacent to an activating group) is 1. The van der Waals surface area contributed by atoms with Crippen molar-refractivity contribution in [2.75, 3.05) is 46.4 Å². The molecule has 25 heavy (non-hydrogen) atoms. The molecule has 1 saturated heterocycles. The largest absolute Gasteiger partial charge is 0.462 e. The van der Waals surface area contributed by atoms with Gasteiger partial charge in [0.2, 0.25) is 0 Å².